The van der Waals surface area contributed by atoms with Crippen LogP contribution in [0.15, 0.2) is 0 Å². The molecule has 1 atom stereocenters. The molecule has 0 radical (unpaired) electrons. The minimum atomic E-state index is -0.161. The van der Waals surface area contributed by atoms with E-state index in [1.807, 2.05) is 0 Å². The summed E-state index contributed by atoms with van der Waals surface area (Å²) in [6.07, 6.45) is 12.6. The van der Waals surface area contributed by atoms with Crippen molar-refractivity contribution in [2.45, 2.75) is 77.4 Å². The lowest BCUT2D eigenvalue weighted by molar-refractivity contribution is -0.0148. The molecule has 1 fully saturated rings. The van der Waals surface area contributed by atoms with Crippen LogP contribution in [0.5, 0.6) is 0 Å². The first-order valence-electron chi connectivity index (χ1n) is 7.26. The first-order chi connectivity index (χ1) is 7.84. The normalized spacial score (nSPS) is 19.9. The molecule has 0 aromatic carbocycles. The predicted molar refractivity (Wildman–Crippen MR) is 69.4 cm³/mol. The van der Waals surface area contributed by atoms with Gasteiger partial charge in [0.05, 0.1) is 0 Å². The standard InChI is InChI=1S/C14H29NO/c1-2-3-4-5-6-8-11-14(16)15-12-9-7-10-13-15/h14,16H,2-13H2,1H3. The molecule has 16 heavy (non-hydrogen) atoms. The van der Waals surface area contributed by atoms with Crippen LogP contribution in [0.2, 0.25) is 0 Å². The van der Waals surface area contributed by atoms with Crippen molar-refractivity contribution in [1.29, 1.82) is 0 Å². The van der Waals surface area contributed by atoms with Crippen molar-refractivity contribution in [2.75, 3.05) is 13.1 Å². The van der Waals surface area contributed by atoms with E-state index < -0.39 is 0 Å². The minimum Gasteiger partial charge on any atom is -0.378 e. The fourth-order valence-corrected chi connectivity index (χ4v) is 2.51. The van der Waals surface area contributed by atoms with Crippen LogP contribution in [0, 0.1) is 0 Å². The average Bonchev–Trinajstić information content (AvgIpc) is 2.34. The molecule has 0 amide bonds. The topological polar surface area (TPSA) is 23.5 Å². The highest BCUT2D eigenvalue weighted by Gasteiger charge is 2.17. The Hall–Kier alpha value is -0.0800. The third-order valence-electron chi connectivity index (χ3n) is 3.63. The van der Waals surface area contributed by atoms with Gasteiger partial charge in [0.2, 0.25) is 0 Å². The molecular formula is C14H29NO. The second kappa shape index (κ2) is 9.00. The summed E-state index contributed by atoms with van der Waals surface area (Å²) in [6, 6.07) is 0. The van der Waals surface area contributed by atoms with E-state index in [-0.39, 0.29) is 6.23 Å². The lowest BCUT2D eigenvalue weighted by Gasteiger charge is -2.31. The largest absolute Gasteiger partial charge is 0.378 e. The Morgan fingerprint density at radius 3 is 2.25 bits per heavy atom. The van der Waals surface area contributed by atoms with E-state index in [4.69, 9.17) is 0 Å². The van der Waals surface area contributed by atoms with Gasteiger partial charge in [-0.1, -0.05) is 45.4 Å². The zero-order valence-electron chi connectivity index (χ0n) is 11.0. The Morgan fingerprint density at radius 1 is 0.938 bits per heavy atom. The molecule has 1 aliphatic heterocycles. The quantitative estimate of drug-likeness (QED) is 0.641. The molecule has 0 aromatic heterocycles. The summed E-state index contributed by atoms with van der Waals surface area (Å²) in [5.41, 5.74) is 0. The summed E-state index contributed by atoms with van der Waals surface area (Å²) in [7, 11) is 0. The summed E-state index contributed by atoms with van der Waals surface area (Å²) in [6.45, 7) is 4.47. The Bertz CT molecular complexity index is 155. The van der Waals surface area contributed by atoms with Gasteiger partial charge >= 0.3 is 0 Å². The van der Waals surface area contributed by atoms with Gasteiger partial charge in [-0.05, 0) is 25.7 Å². The van der Waals surface area contributed by atoms with Crippen LogP contribution in [0.25, 0.3) is 0 Å². The van der Waals surface area contributed by atoms with Gasteiger partial charge in [-0.15, -0.1) is 0 Å². The van der Waals surface area contributed by atoms with Crippen molar-refractivity contribution in [2.24, 2.45) is 0 Å². The van der Waals surface area contributed by atoms with Crippen LogP contribution in [0.3, 0.4) is 0 Å². The minimum absolute atomic E-state index is 0.161. The number of aliphatic hydroxyl groups excluding tert-OH is 1. The maximum atomic E-state index is 10.0. The van der Waals surface area contributed by atoms with E-state index in [0.29, 0.717) is 0 Å². The van der Waals surface area contributed by atoms with Gasteiger partial charge in [0.15, 0.2) is 0 Å². The lowest BCUT2D eigenvalue weighted by Crippen LogP contribution is -2.39. The maximum Gasteiger partial charge on any atom is 0.107 e. The molecule has 0 aromatic rings. The summed E-state index contributed by atoms with van der Waals surface area (Å²) in [5.74, 6) is 0. The fraction of sp³-hybridized carbons (Fsp3) is 1.00. The van der Waals surface area contributed by atoms with Crippen LogP contribution < -0.4 is 0 Å². The van der Waals surface area contributed by atoms with Crippen molar-refractivity contribution in [3.8, 4) is 0 Å². The SMILES string of the molecule is CCCCCCCCC(O)N1CCCCC1. The van der Waals surface area contributed by atoms with Crippen molar-refractivity contribution < 1.29 is 5.11 Å². The zero-order chi connectivity index (χ0) is 11.6. The number of likely N-dealkylation sites (tertiary alicyclic amines) is 1. The van der Waals surface area contributed by atoms with Crippen LogP contribution in [0.4, 0.5) is 0 Å². The summed E-state index contributed by atoms with van der Waals surface area (Å²) < 4.78 is 0. The third kappa shape index (κ3) is 5.86. The van der Waals surface area contributed by atoms with Gasteiger partial charge in [-0.3, -0.25) is 4.90 Å². The van der Waals surface area contributed by atoms with Gasteiger partial charge in [-0.25, -0.2) is 0 Å². The molecule has 0 saturated carbocycles. The second-order valence-electron chi connectivity index (χ2n) is 5.13. The summed E-state index contributed by atoms with van der Waals surface area (Å²) >= 11 is 0. The molecule has 1 heterocycles. The Morgan fingerprint density at radius 2 is 1.56 bits per heavy atom. The van der Waals surface area contributed by atoms with E-state index in [9.17, 15) is 5.11 Å². The van der Waals surface area contributed by atoms with Gasteiger partial charge in [-0.2, -0.15) is 0 Å². The van der Waals surface area contributed by atoms with Crippen LogP contribution in [-0.2, 0) is 0 Å². The van der Waals surface area contributed by atoms with Crippen LogP contribution in [0.1, 0.15) is 71.1 Å². The second-order valence-corrected chi connectivity index (χ2v) is 5.13. The molecular weight excluding hydrogens is 198 g/mol. The highest BCUT2D eigenvalue weighted by Crippen LogP contribution is 2.15. The monoisotopic (exact) mass is 227 g/mol. The molecule has 1 N–H and O–H groups in total. The lowest BCUT2D eigenvalue weighted by atomic mass is 10.1. The molecule has 0 spiro atoms. The molecule has 96 valence electrons. The molecule has 1 unspecified atom stereocenters. The first-order valence-corrected chi connectivity index (χ1v) is 7.26. The number of hydrogen-bond acceptors (Lipinski definition) is 2. The number of hydrogen-bond donors (Lipinski definition) is 1. The molecule has 2 nitrogen and oxygen atoms in total. The molecule has 1 aliphatic rings. The van der Waals surface area contributed by atoms with E-state index in [1.165, 1.54) is 57.8 Å². The molecule has 0 bridgehead atoms. The number of rotatable bonds is 8. The predicted octanol–water partition coefficient (Wildman–Crippen LogP) is 3.54. The van der Waals surface area contributed by atoms with E-state index >= 15 is 0 Å². The van der Waals surface area contributed by atoms with Crippen molar-refractivity contribution in [3.05, 3.63) is 0 Å². The number of unbranched alkanes of at least 4 members (excludes halogenated alkanes) is 5. The highest BCUT2D eigenvalue weighted by atomic mass is 16.3. The van der Waals surface area contributed by atoms with E-state index in [0.717, 1.165) is 19.5 Å². The fourth-order valence-electron chi connectivity index (χ4n) is 2.51. The Labute approximate surface area is 101 Å². The van der Waals surface area contributed by atoms with Crippen molar-refractivity contribution >= 4 is 0 Å². The first kappa shape index (κ1) is 14.0. The van der Waals surface area contributed by atoms with Crippen molar-refractivity contribution in [3.63, 3.8) is 0 Å². The van der Waals surface area contributed by atoms with Gasteiger partial charge in [0.1, 0.15) is 6.23 Å². The smallest absolute Gasteiger partial charge is 0.107 e. The van der Waals surface area contributed by atoms with Gasteiger partial charge < -0.3 is 5.11 Å². The van der Waals surface area contributed by atoms with Gasteiger partial charge in [0.25, 0.3) is 0 Å². The van der Waals surface area contributed by atoms with Gasteiger partial charge in [0, 0.05) is 13.1 Å². The van der Waals surface area contributed by atoms with Crippen molar-refractivity contribution in [1.82, 2.24) is 4.90 Å². The summed E-state index contributed by atoms with van der Waals surface area (Å²) in [4.78, 5) is 2.26. The highest BCUT2D eigenvalue weighted by molar-refractivity contribution is 4.67. The molecule has 1 rings (SSSR count). The summed E-state index contributed by atoms with van der Waals surface area (Å²) in [5, 5.41) is 10.0. The Kier molecular flexibility index (Phi) is 7.87. The van der Waals surface area contributed by atoms with Crippen LogP contribution in [-0.4, -0.2) is 29.3 Å². The van der Waals surface area contributed by atoms with E-state index in [2.05, 4.69) is 11.8 Å². The molecule has 0 aliphatic carbocycles. The number of nitrogens with zero attached hydrogens (tertiary/aromatic N) is 1. The Balaban J connectivity index is 1.94. The zero-order valence-corrected chi connectivity index (χ0v) is 11.0. The molecule has 2 heteroatoms. The average molecular weight is 227 g/mol. The number of aliphatic hydroxyl groups is 1. The van der Waals surface area contributed by atoms with Crippen LogP contribution >= 0.6 is 0 Å². The third-order valence-corrected chi connectivity index (χ3v) is 3.63. The molecule has 1 saturated heterocycles. The van der Waals surface area contributed by atoms with E-state index in [1.54, 1.807) is 0 Å². The number of piperidine rings is 1. The maximum absolute atomic E-state index is 10.0.